The van der Waals surface area contributed by atoms with Crippen LogP contribution >= 0.6 is 0 Å². The first-order valence-corrected chi connectivity index (χ1v) is 12.1. The Morgan fingerprint density at radius 3 is 1.47 bits per heavy atom. The lowest BCUT2D eigenvalue weighted by Gasteiger charge is -2.10. The Hall–Kier alpha value is -1.43. The van der Waals surface area contributed by atoms with Gasteiger partial charge in [0.05, 0.1) is 0 Å². The molecule has 2 N–H and O–H groups in total. The van der Waals surface area contributed by atoms with Gasteiger partial charge in [0.2, 0.25) is 0 Å². The maximum atomic E-state index is 11.5. The minimum atomic E-state index is -1.45. The Morgan fingerprint density at radius 1 is 0.700 bits per heavy atom. The zero-order valence-electron chi connectivity index (χ0n) is 19.7. The van der Waals surface area contributed by atoms with Crippen LogP contribution in [-0.4, -0.2) is 23.9 Å². The Kier molecular flexibility index (Phi) is 24.4. The summed E-state index contributed by atoms with van der Waals surface area (Å²) in [5.74, 6) is -3.10. The van der Waals surface area contributed by atoms with Gasteiger partial charge in [0.25, 0.3) is 0 Å². The minimum Gasteiger partial charge on any atom is -0.550 e. The molecule has 6 nitrogen and oxygen atoms in total. The third kappa shape index (κ3) is 24.6. The van der Waals surface area contributed by atoms with E-state index >= 15 is 0 Å². The van der Waals surface area contributed by atoms with Gasteiger partial charge in [0, 0.05) is 18.8 Å². The summed E-state index contributed by atoms with van der Waals surface area (Å²) in [7, 11) is 0. The summed E-state index contributed by atoms with van der Waals surface area (Å²) in [5, 5.41) is 10.3. The van der Waals surface area contributed by atoms with Gasteiger partial charge in [-0.25, -0.2) is 4.79 Å². The monoisotopic (exact) mass is 428 g/mol. The van der Waals surface area contributed by atoms with Crippen LogP contribution in [0.2, 0.25) is 0 Å². The third-order valence-corrected chi connectivity index (χ3v) is 4.89. The molecule has 0 heterocycles. The van der Waals surface area contributed by atoms with E-state index < -0.39 is 30.4 Å². The molecule has 0 bridgehead atoms. The van der Waals surface area contributed by atoms with Crippen LogP contribution in [-0.2, 0) is 19.1 Å². The van der Waals surface area contributed by atoms with Crippen molar-refractivity contribution in [3.05, 3.63) is 0 Å². The average Bonchev–Trinajstić information content (AvgIpc) is 2.71. The fourth-order valence-electron chi connectivity index (χ4n) is 2.79. The Labute approximate surface area is 184 Å². The summed E-state index contributed by atoms with van der Waals surface area (Å²) in [4.78, 5) is 33.2. The quantitative estimate of drug-likeness (QED) is 0.190. The molecular weight excluding hydrogens is 382 g/mol. The Morgan fingerprint density at radius 2 is 1.10 bits per heavy atom. The second kappa shape index (κ2) is 23.8. The highest BCUT2D eigenvalue weighted by Gasteiger charge is 2.18. The van der Waals surface area contributed by atoms with Gasteiger partial charge < -0.3 is 20.4 Å². The summed E-state index contributed by atoms with van der Waals surface area (Å²) in [5.41, 5.74) is 5.29. The number of carbonyl (C=O) groups is 3. The second-order valence-corrected chi connectivity index (χ2v) is 7.97. The number of nitrogens with two attached hydrogens (primary N) is 1. The molecule has 0 aromatic rings. The molecule has 0 aliphatic carbocycles. The molecule has 0 aliphatic rings. The molecule has 178 valence electrons. The van der Waals surface area contributed by atoms with Crippen molar-refractivity contribution in [2.24, 2.45) is 5.73 Å². The van der Waals surface area contributed by atoms with Gasteiger partial charge in [-0.2, -0.15) is 0 Å². The summed E-state index contributed by atoms with van der Waals surface area (Å²) in [6.45, 7) is 6.60. The number of ether oxygens (including phenoxy) is 1. The zero-order valence-corrected chi connectivity index (χ0v) is 19.7. The lowest BCUT2D eigenvalue weighted by atomic mass is 10.0. The molecule has 0 aliphatic heterocycles. The Balaban J connectivity index is 0. The second-order valence-electron chi connectivity index (χ2n) is 7.97. The van der Waals surface area contributed by atoms with Crippen molar-refractivity contribution >= 4 is 17.9 Å². The van der Waals surface area contributed by atoms with Gasteiger partial charge in [-0.3, -0.25) is 4.79 Å². The molecule has 6 heteroatoms. The van der Waals surface area contributed by atoms with Gasteiger partial charge in [0.15, 0.2) is 0 Å². The zero-order chi connectivity index (χ0) is 23.0. The predicted octanol–water partition coefficient (Wildman–Crippen LogP) is 4.81. The number of rotatable bonds is 18. The van der Waals surface area contributed by atoms with Crippen LogP contribution in [0.25, 0.3) is 0 Å². The van der Waals surface area contributed by atoms with Gasteiger partial charge in [-0.05, 0) is 6.42 Å². The van der Waals surface area contributed by atoms with E-state index in [0.717, 1.165) is 12.8 Å². The van der Waals surface area contributed by atoms with Gasteiger partial charge in [0.1, 0.15) is 6.04 Å². The van der Waals surface area contributed by atoms with Crippen LogP contribution in [0.1, 0.15) is 130 Å². The van der Waals surface area contributed by atoms with E-state index in [4.69, 9.17) is 5.73 Å². The van der Waals surface area contributed by atoms with Crippen molar-refractivity contribution in [2.75, 3.05) is 0 Å². The van der Waals surface area contributed by atoms with Crippen molar-refractivity contribution < 1.29 is 24.2 Å². The maximum Gasteiger partial charge on any atom is 0.330 e. The number of carboxylic acid groups (broad SMARTS) is 1. The van der Waals surface area contributed by atoms with Crippen molar-refractivity contribution in [1.82, 2.24) is 0 Å². The minimum absolute atomic E-state index is 0.154. The van der Waals surface area contributed by atoms with E-state index in [1.54, 1.807) is 0 Å². The molecule has 0 fully saturated rings. The van der Waals surface area contributed by atoms with Crippen molar-refractivity contribution in [3.63, 3.8) is 0 Å². The molecule has 0 saturated carbocycles. The molecule has 0 rings (SSSR count). The van der Waals surface area contributed by atoms with Gasteiger partial charge >= 0.3 is 11.9 Å². The number of carbonyl (C=O) groups excluding carboxylic acids is 3. The molecule has 1 unspecified atom stereocenters. The van der Waals surface area contributed by atoms with Crippen molar-refractivity contribution in [1.29, 1.82) is 0 Å². The van der Waals surface area contributed by atoms with Crippen LogP contribution in [0.4, 0.5) is 0 Å². The standard InChI is InChI=1S/C20H37NO5.C4H10/c1-2-3-4-5-6-7-8-9-10-11-12-13-14-15-19(24)26-20(25)17(21)16-18(22)23;1-3-4-2/h17H,2-16,21H2,1H3,(H,22,23);3-4H2,1-2H3/p-1. The van der Waals surface area contributed by atoms with E-state index in [1.165, 1.54) is 77.0 Å². The van der Waals surface area contributed by atoms with Crippen molar-refractivity contribution in [2.45, 2.75) is 136 Å². The fraction of sp³-hybridized carbons (Fsp3) is 0.875. The lowest BCUT2D eigenvalue weighted by Crippen LogP contribution is -2.39. The van der Waals surface area contributed by atoms with Crippen LogP contribution in [0.15, 0.2) is 0 Å². The number of esters is 2. The topological polar surface area (TPSA) is 110 Å². The van der Waals surface area contributed by atoms with E-state index in [9.17, 15) is 19.5 Å². The first-order valence-electron chi connectivity index (χ1n) is 12.1. The molecule has 0 aromatic carbocycles. The number of carboxylic acids is 1. The third-order valence-electron chi connectivity index (χ3n) is 4.89. The van der Waals surface area contributed by atoms with E-state index in [0.29, 0.717) is 6.42 Å². The van der Waals surface area contributed by atoms with Crippen LogP contribution in [0, 0.1) is 0 Å². The summed E-state index contributed by atoms with van der Waals surface area (Å²) < 4.78 is 4.53. The molecule has 0 amide bonds. The normalized spacial score (nSPS) is 11.3. The largest absolute Gasteiger partial charge is 0.550 e. The van der Waals surface area contributed by atoms with E-state index in [1.807, 2.05) is 0 Å². The highest BCUT2D eigenvalue weighted by molar-refractivity contribution is 5.90. The predicted molar refractivity (Wildman–Crippen MR) is 120 cm³/mol. The first kappa shape index (κ1) is 30.8. The molecular formula is C24H46NO5-. The van der Waals surface area contributed by atoms with Gasteiger partial charge in [-0.1, -0.05) is 111 Å². The molecule has 0 radical (unpaired) electrons. The molecule has 0 saturated heterocycles. The van der Waals surface area contributed by atoms with Crippen LogP contribution in [0.3, 0.4) is 0 Å². The molecule has 1 atom stereocenters. The van der Waals surface area contributed by atoms with Crippen LogP contribution < -0.4 is 10.8 Å². The Bertz CT molecular complexity index is 424. The SMILES string of the molecule is CCCC.CCCCCCCCCCCCCCCC(=O)OC(=O)C(N)CC(=O)[O-]. The summed E-state index contributed by atoms with van der Waals surface area (Å²) >= 11 is 0. The van der Waals surface area contributed by atoms with E-state index in [2.05, 4.69) is 25.5 Å². The lowest BCUT2D eigenvalue weighted by molar-refractivity contribution is -0.306. The van der Waals surface area contributed by atoms with Gasteiger partial charge in [-0.15, -0.1) is 0 Å². The smallest absolute Gasteiger partial charge is 0.330 e. The molecule has 0 spiro atoms. The van der Waals surface area contributed by atoms with Crippen molar-refractivity contribution in [3.8, 4) is 0 Å². The highest BCUT2D eigenvalue weighted by atomic mass is 16.6. The first-order chi connectivity index (χ1) is 14.4. The number of hydrogen-bond donors (Lipinski definition) is 1. The highest BCUT2D eigenvalue weighted by Crippen LogP contribution is 2.13. The number of hydrogen-bond acceptors (Lipinski definition) is 6. The summed E-state index contributed by atoms with van der Waals surface area (Å²) in [6, 6.07) is -1.35. The van der Waals surface area contributed by atoms with E-state index in [-0.39, 0.29) is 6.42 Å². The maximum absolute atomic E-state index is 11.5. The molecule has 0 aromatic heterocycles. The summed E-state index contributed by atoms with van der Waals surface area (Å²) in [6.07, 6.45) is 17.9. The number of aliphatic carboxylic acids is 1. The fourth-order valence-corrected chi connectivity index (χ4v) is 2.79. The van der Waals surface area contributed by atoms with Crippen LogP contribution in [0.5, 0.6) is 0 Å². The average molecular weight is 429 g/mol. The number of unbranched alkanes of at least 4 members (excludes halogenated alkanes) is 13. The molecule has 30 heavy (non-hydrogen) atoms.